The fourth-order valence-corrected chi connectivity index (χ4v) is 4.35. The number of aromatic amines is 1. The molecule has 1 fully saturated rings. The summed E-state index contributed by atoms with van der Waals surface area (Å²) in [6.07, 6.45) is -1.25. The van der Waals surface area contributed by atoms with E-state index in [1.807, 2.05) is 30.3 Å². The van der Waals surface area contributed by atoms with Crippen LogP contribution in [0.3, 0.4) is 0 Å². The quantitative estimate of drug-likeness (QED) is 0.271. The van der Waals surface area contributed by atoms with Crippen molar-refractivity contribution in [3.63, 3.8) is 0 Å². The molecule has 192 valence electrons. The second kappa shape index (κ2) is 10.5. The van der Waals surface area contributed by atoms with Crippen LogP contribution < -0.4 is 16.0 Å². The van der Waals surface area contributed by atoms with E-state index in [9.17, 15) is 18.0 Å². The van der Waals surface area contributed by atoms with Crippen LogP contribution in [-0.2, 0) is 17.5 Å². The number of carbonyl (C=O) groups is 1. The fourth-order valence-electron chi connectivity index (χ4n) is 4.35. The first-order valence-corrected chi connectivity index (χ1v) is 11.9. The van der Waals surface area contributed by atoms with E-state index in [4.69, 9.17) is 4.74 Å². The largest absolute Gasteiger partial charge is 0.444 e. The summed E-state index contributed by atoms with van der Waals surface area (Å²) < 4.78 is 47.0. The van der Waals surface area contributed by atoms with E-state index in [0.29, 0.717) is 23.1 Å². The van der Waals surface area contributed by atoms with Crippen molar-refractivity contribution in [2.24, 2.45) is 0 Å². The van der Waals surface area contributed by atoms with Gasteiger partial charge in [0.2, 0.25) is 5.95 Å². The van der Waals surface area contributed by atoms with Gasteiger partial charge in [0.25, 0.3) is 0 Å². The zero-order chi connectivity index (χ0) is 25.8. The predicted molar refractivity (Wildman–Crippen MR) is 134 cm³/mol. The van der Waals surface area contributed by atoms with Crippen LogP contribution >= 0.6 is 0 Å². The number of hydrogen-bond donors (Lipinski definition) is 4. The van der Waals surface area contributed by atoms with Crippen molar-refractivity contribution in [1.29, 1.82) is 0 Å². The van der Waals surface area contributed by atoms with Gasteiger partial charge in [0.1, 0.15) is 12.2 Å². The van der Waals surface area contributed by atoms with E-state index in [1.165, 1.54) is 6.20 Å². The minimum atomic E-state index is -4.65. The number of fused-ring (bicyclic) bond motifs is 1. The maximum Gasteiger partial charge on any atom is 0.419 e. The highest BCUT2D eigenvalue weighted by Gasteiger charge is 2.36. The Hall–Kier alpha value is -4.12. The average molecular weight is 511 g/mol. The number of anilines is 2. The number of rotatable bonds is 6. The number of alkyl halides is 3. The third-order valence-electron chi connectivity index (χ3n) is 6.14. The standard InChI is InChI=1S/C26H25F3N6O2/c27-26(28,29)20-14-32-24(33-17-8-5-11-30-12-17)35-22(20)19-13-31-23-18(19)9-4-10-21(23)34-25(36)37-15-16-6-2-1-3-7-16/h1-4,6-7,9-10,13-14,17,30-31H,5,8,11-12,15H2,(H,34,36)(H,32,33,35)/t17-/m0/s1. The number of ether oxygens (including phenoxy) is 1. The summed E-state index contributed by atoms with van der Waals surface area (Å²) in [5.41, 5.74) is 0.707. The van der Waals surface area contributed by atoms with Crippen LogP contribution in [0.4, 0.5) is 29.6 Å². The van der Waals surface area contributed by atoms with Gasteiger partial charge in [-0.25, -0.2) is 14.8 Å². The number of benzene rings is 2. The summed E-state index contributed by atoms with van der Waals surface area (Å²) in [5.74, 6) is 0.129. The summed E-state index contributed by atoms with van der Waals surface area (Å²) in [4.78, 5) is 23.6. The number of para-hydroxylation sites is 1. The predicted octanol–water partition coefficient (Wildman–Crippen LogP) is 5.56. The molecule has 2 aromatic heterocycles. The molecule has 4 aromatic rings. The monoisotopic (exact) mass is 510 g/mol. The topological polar surface area (TPSA) is 104 Å². The van der Waals surface area contributed by atoms with Gasteiger partial charge in [-0.05, 0) is 31.0 Å². The molecule has 0 radical (unpaired) electrons. The van der Waals surface area contributed by atoms with E-state index in [-0.39, 0.29) is 29.9 Å². The lowest BCUT2D eigenvalue weighted by atomic mass is 10.0. The normalized spacial score (nSPS) is 15.9. The Labute approximate surface area is 210 Å². The van der Waals surface area contributed by atoms with Crippen molar-refractivity contribution in [2.75, 3.05) is 23.7 Å². The molecule has 0 unspecified atom stereocenters. The molecule has 0 bridgehead atoms. The third kappa shape index (κ3) is 5.67. The highest BCUT2D eigenvalue weighted by Crippen LogP contribution is 2.39. The van der Waals surface area contributed by atoms with Crippen LogP contribution in [0.15, 0.2) is 60.9 Å². The number of piperidine rings is 1. The lowest BCUT2D eigenvalue weighted by molar-refractivity contribution is -0.137. The molecular formula is C26H25F3N6O2. The molecule has 5 rings (SSSR count). The van der Waals surface area contributed by atoms with Crippen LogP contribution in [0, 0.1) is 0 Å². The van der Waals surface area contributed by atoms with E-state index in [2.05, 4.69) is 30.9 Å². The van der Waals surface area contributed by atoms with Crippen molar-refractivity contribution in [3.8, 4) is 11.3 Å². The minimum absolute atomic E-state index is 0.0269. The van der Waals surface area contributed by atoms with Gasteiger partial charge in [-0.15, -0.1) is 0 Å². The third-order valence-corrected chi connectivity index (χ3v) is 6.14. The van der Waals surface area contributed by atoms with Crippen LogP contribution in [0.25, 0.3) is 22.2 Å². The maximum atomic E-state index is 13.9. The second-order valence-corrected chi connectivity index (χ2v) is 8.76. The second-order valence-electron chi connectivity index (χ2n) is 8.76. The molecule has 11 heteroatoms. The van der Waals surface area contributed by atoms with Gasteiger partial charge < -0.3 is 20.4 Å². The fraction of sp³-hybridized carbons (Fsp3) is 0.269. The maximum absolute atomic E-state index is 13.9. The van der Waals surface area contributed by atoms with Crippen molar-refractivity contribution in [2.45, 2.75) is 31.7 Å². The van der Waals surface area contributed by atoms with Gasteiger partial charge in [0, 0.05) is 35.9 Å². The van der Waals surface area contributed by atoms with Gasteiger partial charge in [-0.1, -0.05) is 42.5 Å². The Bertz CT molecular complexity index is 1380. The van der Waals surface area contributed by atoms with Gasteiger partial charge in [0.05, 0.1) is 16.9 Å². The van der Waals surface area contributed by atoms with E-state index >= 15 is 0 Å². The summed E-state index contributed by atoms with van der Waals surface area (Å²) in [7, 11) is 0. The molecule has 1 aliphatic heterocycles. The van der Waals surface area contributed by atoms with Crippen molar-refractivity contribution in [1.82, 2.24) is 20.3 Å². The molecule has 0 saturated carbocycles. The summed E-state index contributed by atoms with van der Waals surface area (Å²) in [5, 5.41) is 9.52. The first kappa shape index (κ1) is 24.6. The van der Waals surface area contributed by atoms with Crippen molar-refractivity contribution < 1.29 is 22.7 Å². The van der Waals surface area contributed by atoms with Gasteiger partial charge in [-0.3, -0.25) is 5.32 Å². The minimum Gasteiger partial charge on any atom is -0.444 e. The lowest BCUT2D eigenvalue weighted by Crippen LogP contribution is -2.38. The van der Waals surface area contributed by atoms with Crippen LogP contribution in [0.2, 0.25) is 0 Å². The zero-order valence-electron chi connectivity index (χ0n) is 19.7. The number of nitrogens with one attached hydrogen (secondary N) is 4. The SMILES string of the molecule is O=C(Nc1cccc2c(-c3nc(N[C@H]4CCCNC4)ncc3C(F)(F)F)c[nH]c12)OCc1ccccc1. The zero-order valence-corrected chi connectivity index (χ0v) is 19.7. The molecule has 1 aliphatic rings. The molecule has 0 aliphatic carbocycles. The molecule has 1 amide bonds. The van der Waals surface area contributed by atoms with E-state index in [0.717, 1.165) is 31.1 Å². The number of hydrogen-bond acceptors (Lipinski definition) is 6. The first-order valence-electron chi connectivity index (χ1n) is 11.9. The molecule has 37 heavy (non-hydrogen) atoms. The molecule has 1 atom stereocenters. The van der Waals surface area contributed by atoms with Crippen molar-refractivity contribution in [3.05, 3.63) is 72.1 Å². The number of nitrogens with zero attached hydrogens (tertiary/aromatic N) is 2. The highest BCUT2D eigenvalue weighted by molar-refractivity contribution is 6.04. The number of halogens is 3. The number of amides is 1. The van der Waals surface area contributed by atoms with Crippen LogP contribution in [0.1, 0.15) is 24.0 Å². The number of H-pyrrole nitrogens is 1. The molecule has 2 aromatic carbocycles. The Morgan fingerprint density at radius 2 is 1.97 bits per heavy atom. The van der Waals surface area contributed by atoms with E-state index < -0.39 is 17.8 Å². The average Bonchev–Trinajstić information content (AvgIpc) is 3.33. The number of carbonyl (C=O) groups excluding carboxylic acids is 1. The molecule has 4 N–H and O–H groups in total. The van der Waals surface area contributed by atoms with E-state index in [1.54, 1.807) is 18.2 Å². The number of aromatic nitrogens is 3. The molecule has 3 heterocycles. The molecular weight excluding hydrogens is 485 g/mol. The summed E-state index contributed by atoms with van der Waals surface area (Å²) in [6.45, 7) is 1.67. The van der Waals surface area contributed by atoms with Gasteiger partial charge in [0.15, 0.2) is 0 Å². The Balaban J connectivity index is 1.43. The smallest absolute Gasteiger partial charge is 0.419 e. The Morgan fingerprint density at radius 3 is 2.73 bits per heavy atom. The van der Waals surface area contributed by atoms with Crippen LogP contribution in [-0.4, -0.2) is 40.2 Å². The Kier molecular flexibility index (Phi) is 6.95. The van der Waals surface area contributed by atoms with Crippen LogP contribution in [0.5, 0.6) is 0 Å². The summed E-state index contributed by atoms with van der Waals surface area (Å²) >= 11 is 0. The molecule has 1 saturated heterocycles. The van der Waals surface area contributed by atoms with Gasteiger partial charge in [-0.2, -0.15) is 13.2 Å². The lowest BCUT2D eigenvalue weighted by Gasteiger charge is -2.24. The molecule has 0 spiro atoms. The highest BCUT2D eigenvalue weighted by atomic mass is 19.4. The summed E-state index contributed by atoms with van der Waals surface area (Å²) in [6, 6.07) is 14.2. The van der Waals surface area contributed by atoms with Crippen molar-refractivity contribution >= 4 is 28.6 Å². The molecule has 8 nitrogen and oxygen atoms in total. The Morgan fingerprint density at radius 1 is 1.14 bits per heavy atom. The first-order chi connectivity index (χ1) is 17.9. The van der Waals surface area contributed by atoms with Gasteiger partial charge >= 0.3 is 12.3 Å².